The van der Waals surface area contributed by atoms with Crippen LogP contribution in [0.5, 0.6) is 0 Å². The first kappa shape index (κ1) is 18.6. The van der Waals surface area contributed by atoms with Crippen LogP contribution in [0.2, 0.25) is 5.02 Å². The molecule has 1 N–H and O–H groups in total. The van der Waals surface area contributed by atoms with E-state index in [0.29, 0.717) is 28.7 Å². The van der Waals surface area contributed by atoms with Crippen molar-refractivity contribution >= 4 is 45.6 Å². The number of nitrogens with one attached hydrogen (secondary N) is 1. The summed E-state index contributed by atoms with van der Waals surface area (Å²) < 4.78 is 0. The molecule has 142 valence electrons. The normalized spacial score (nSPS) is 16.4. The Hall–Kier alpha value is -2.77. The number of hydrogen-bond donors (Lipinski definition) is 1. The van der Waals surface area contributed by atoms with Crippen molar-refractivity contribution in [1.29, 1.82) is 0 Å². The van der Waals surface area contributed by atoms with E-state index in [1.54, 1.807) is 29.2 Å². The molecule has 2 aromatic carbocycles. The molecule has 8 heteroatoms. The highest BCUT2D eigenvalue weighted by atomic mass is 35.5. The Kier molecular flexibility index (Phi) is 5.11. The number of aryl methyl sites for hydroxylation is 1. The van der Waals surface area contributed by atoms with E-state index in [1.165, 1.54) is 11.3 Å². The smallest absolute Gasteiger partial charge is 0.257 e. The van der Waals surface area contributed by atoms with Crippen LogP contribution < -0.4 is 10.2 Å². The second-order valence-electron chi connectivity index (χ2n) is 6.65. The Morgan fingerprint density at radius 3 is 2.57 bits per heavy atom. The number of amides is 2. The van der Waals surface area contributed by atoms with Crippen LogP contribution >= 0.6 is 22.9 Å². The lowest BCUT2D eigenvalue weighted by Gasteiger charge is -2.16. The lowest BCUT2D eigenvalue weighted by molar-refractivity contribution is -0.117. The molecule has 1 saturated heterocycles. The van der Waals surface area contributed by atoms with Gasteiger partial charge in [0.15, 0.2) is 0 Å². The summed E-state index contributed by atoms with van der Waals surface area (Å²) in [5.41, 5.74) is 2.47. The largest absolute Gasteiger partial charge is 0.312 e. The Morgan fingerprint density at radius 2 is 1.86 bits per heavy atom. The lowest BCUT2D eigenvalue weighted by atomic mass is 10.1. The second-order valence-corrected chi connectivity index (χ2v) is 8.09. The highest BCUT2D eigenvalue weighted by molar-refractivity contribution is 7.15. The van der Waals surface area contributed by atoms with Gasteiger partial charge in [0, 0.05) is 35.2 Å². The standard InChI is InChI=1S/C20H17ClN4O2S/c1-12-2-4-13(5-3-12)18(27)22-20-24-23-19(28-20)14-10-17(26)25(11-14)16-8-6-15(21)7-9-16/h2-9,14H,10-11H2,1H3,(H,22,24,27). The van der Waals surface area contributed by atoms with Gasteiger partial charge < -0.3 is 4.90 Å². The Balaban J connectivity index is 1.44. The van der Waals surface area contributed by atoms with Gasteiger partial charge in [0.1, 0.15) is 5.01 Å². The third kappa shape index (κ3) is 3.90. The van der Waals surface area contributed by atoms with E-state index in [9.17, 15) is 9.59 Å². The maximum absolute atomic E-state index is 12.4. The predicted molar refractivity (Wildman–Crippen MR) is 110 cm³/mol. The quantitative estimate of drug-likeness (QED) is 0.694. The van der Waals surface area contributed by atoms with Gasteiger partial charge in [-0.05, 0) is 43.3 Å². The molecule has 1 fully saturated rings. The van der Waals surface area contributed by atoms with E-state index < -0.39 is 0 Å². The first-order valence-electron chi connectivity index (χ1n) is 8.77. The molecule has 6 nitrogen and oxygen atoms in total. The summed E-state index contributed by atoms with van der Waals surface area (Å²) >= 11 is 7.22. The fourth-order valence-corrected chi connectivity index (χ4v) is 4.02. The van der Waals surface area contributed by atoms with Crippen LogP contribution in [0.3, 0.4) is 0 Å². The zero-order chi connectivity index (χ0) is 19.7. The zero-order valence-corrected chi connectivity index (χ0v) is 16.6. The summed E-state index contributed by atoms with van der Waals surface area (Å²) in [4.78, 5) is 26.5. The number of nitrogens with zero attached hydrogens (tertiary/aromatic N) is 3. The van der Waals surface area contributed by atoms with Crippen LogP contribution in [0, 0.1) is 6.92 Å². The third-order valence-electron chi connectivity index (χ3n) is 4.59. The van der Waals surface area contributed by atoms with Gasteiger partial charge in [-0.2, -0.15) is 0 Å². The summed E-state index contributed by atoms with van der Waals surface area (Å²) in [5, 5.41) is 12.8. The van der Waals surface area contributed by atoms with E-state index >= 15 is 0 Å². The van der Waals surface area contributed by atoms with Crippen LogP contribution in [0.15, 0.2) is 48.5 Å². The lowest BCUT2D eigenvalue weighted by Crippen LogP contribution is -2.24. The van der Waals surface area contributed by atoms with Gasteiger partial charge in [0.05, 0.1) is 0 Å². The molecule has 3 aromatic rings. The SMILES string of the molecule is Cc1ccc(C(=O)Nc2nnc(C3CC(=O)N(c4ccc(Cl)cc4)C3)s2)cc1. The van der Waals surface area contributed by atoms with Crippen molar-refractivity contribution in [3.63, 3.8) is 0 Å². The van der Waals surface area contributed by atoms with Crippen LogP contribution in [-0.2, 0) is 4.79 Å². The number of carbonyl (C=O) groups is 2. The predicted octanol–water partition coefficient (Wildman–Crippen LogP) is 4.27. The van der Waals surface area contributed by atoms with E-state index in [0.717, 1.165) is 16.3 Å². The maximum atomic E-state index is 12.4. The van der Waals surface area contributed by atoms with Gasteiger partial charge in [-0.1, -0.05) is 40.6 Å². The van der Waals surface area contributed by atoms with Crippen molar-refractivity contribution in [1.82, 2.24) is 10.2 Å². The highest BCUT2D eigenvalue weighted by Gasteiger charge is 2.34. The van der Waals surface area contributed by atoms with Crippen LogP contribution in [0.4, 0.5) is 10.8 Å². The minimum Gasteiger partial charge on any atom is -0.312 e. The summed E-state index contributed by atoms with van der Waals surface area (Å²) in [5.74, 6) is -0.244. The number of carbonyl (C=O) groups excluding carboxylic acids is 2. The molecule has 1 aliphatic heterocycles. The van der Waals surface area contributed by atoms with Gasteiger partial charge in [-0.15, -0.1) is 10.2 Å². The minimum absolute atomic E-state index is 0.0350. The van der Waals surface area contributed by atoms with Crippen LogP contribution in [0.1, 0.15) is 33.3 Å². The maximum Gasteiger partial charge on any atom is 0.257 e. The molecule has 1 aromatic heterocycles. The monoisotopic (exact) mass is 412 g/mol. The number of hydrogen-bond acceptors (Lipinski definition) is 5. The molecule has 1 unspecified atom stereocenters. The molecule has 0 saturated carbocycles. The first-order valence-corrected chi connectivity index (χ1v) is 9.96. The van der Waals surface area contributed by atoms with Crippen molar-refractivity contribution < 1.29 is 9.59 Å². The Bertz CT molecular complexity index is 1020. The molecule has 0 radical (unpaired) electrons. The van der Waals surface area contributed by atoms with E-state index in [-0.39, 0.29) is 17.7 Å². The summed E-state index contributed by atoms with van der Waals surface area (Å²) in [6.07, 6.45) is 0.364. The number of aromatic nitrogens is 2. The number of rotatable bonds is 4. The fraction of sp³-hybridized carbons (Fsp3) is 0.200. The van der Waals surface area contributed by atoms with Gasteiger partial charge in [0.2, 0.25) is 11.0 Å². The van der Waals surface area contributed by atoms with E-state index in [2.05, 4.69) is 15.5 Å². The van der Waals surface area contributed by atoms with Crippen molar-refractivity contribution in [2.24, 2.45) is 0 Å². The Morgan fingerprint density at radius 1 is 1.14 bits per heavy atom. The Labute approximate surface area is 171 Å². The summed E-state index contributed by atoms with van der Waals surface area (Å²) in [7, 11) is 0. The molecule has 2 amide bonds. The fourth-order valence-electron chi connectivity index (χ4n) is 3.07. The summed E-state index contributed by atoms with van der Waals surface area (Å²) in [6, 6.07) is 14.5. The van der Waals surface area contributed by atoms with Crippen LogP contribution in [-0.4, -0.2) is 28.6 Å². The first-order chi connectivity index (χ1) is 13.5. The van der Waals surface area contributed by atoms with Gasteiger partial charge in [-0.25, -0.2) is 0 Å². The third-order valence-corrected chi connectivity index (χ3v) is 5.84. The average Bonchev–Trinajstić information content (AvgIpc) is 3.29. The number of anilines is 2. The minimum atomic E-state index is -0.229. The second kappa shape index (κ2) is 7.69. The van der Waals surface area contributed by atoms with Gasteiger partial charge in [-0.3, -0.25) is 14.9 Å². The topological polar surface area (TPSA) is 75.2 Å². The molecular weight excluding hydrogens is 396 g/mol. The molecule has 2 heterocycles. The zero-order valence-electron chi connectivity index (χ0n) is 15.1. The molecular formula is C20H17ClN4O2S. The molecule has 0 spiro atoms. The average molecular weight is 413 g/mol. The number of benzene rings is 2. The van der Waals surface area contributed by atoms with Gasteiger partial charge >= 0.3 is 0 Å². The van der Waals surface area contributed by atoms with E-state index in [1.807, 2.05) is 31.2 Å². The molecule has 1 aliphatic rings. The van der Waals surface area contributed by atoms with Crippen molar-refractivity contribution in [3.8, 4) is 0 Å². The molecule has 28 heavy (non-hydrogen) atoms. The molecule has 4 rings (SSSR count). The molecule has 0 bridgehead atoms. The molecule has 1 atom stereocenters. The van der Waals surface area contributed by atoms with E-state index in [4.69, 9.17) is 11.6 Å². The highest BCUT2D eigenvalue weighted by Crippen LogP contribution is 2.34. The van der Waals surface area contributed by atoms with Crippen molar-refractivity contribution in [3.05, 3.63) is 69.7 Å². The van der Waals surface area contributed by atoms with Crippen LogP contribution in [0.25, 0.3) is 0 Å². The molecule has 0 aliphatic carbocycles. The van der Waals surface area contributed by atoms with Crippen molar-refractivity contribution in [2.75, 3.05) is 16.8 Å². The summed E-state index contributed by atoms with van der Waals surface area (Å²) in [6.45, 7) is 2.50. The van der Waals surface area contributed by atoms with Crippen molar-refractivity contribution in [2.45, 2.75) is 19.3 Å². The van der Waals surface area contributed by atoms with Gasteiger partial charge in [0.25, 0.3) is 5.91 Å². The number of halogens is 1.